The molecule has 0 saturated carbocycles. The van der Waals surface area contributed by atoms with Crippen LogP contribution in [0, 0.1) is 5.82 Å². The molecule has 0 unspecified atom stereocenters. The quantitative estimate of drug-likeness (QED) is 0.219. The zero-order valence-electron chi connectivity index (χ0n) is 19.7. The molecule has 0 heterocycles. The van der Waals surface area contributed by atoms with Crippen molar-refractivity contribution in [1.82, 2.24) is 5.32 Å². The van der Waals surface area contributed by atoms with Gasteiger partial charge in [-0.1, -0.05) is 35.9 Å². The van der Waals surface area contributed by atoms with Crippen LogP contribution >= 0.6 is 24.0 Å². The number of hydrogen-bond acceptors (Lipinski definition) is 5. The second kappa shape index (κ2) is 13.0. The van der Waals surface area contributed by atoms with Crippen LogP contribution in [0.25, 0.3) is 0 Å². The van der Waals surface area contributed by atoms with E-state index in [1.807, 2.05) is 6.07 Å². The lowest BCUT2D eigenvalue weighted by molar-refractivity contribution is 0.175. The summed E-state index contributed by atoms with van der Waals surface area (Å²) in [5.74, 6) is 0.540. The molecular weight excluding hydrogens is 536 g/mol. The maximum atomic E-state index is 13.0. The van der Waals surface area contributed by atoms with Crippen molar-refractivity contribution < 1.29 is 22.7 Å². The van der Waals surface area contributed by atoms with Crippen LogP contribution in [0.15, 0.2) is 107 Å². The minimum absolute atomic E-state index is 0. The number of rotatable bonds is 10. The molecule has 0 aliphatic rings. The number of sulfone groups is 1. The molecule has 37 heavy (non-hydrogen) atoms. The average molecular weight is 562 g/mol. The SMILES string of the molecule is Cl.O=S(=O)(c1ccc(CCNC[C@H](O)c2cccc(Cl)c2)cc1)c1ccc(Oc2ccc(F)cc2)cc1. The van der Waals surface area contributed by atoms with Crippen molar-refractivity contribution in [2.24, 2.45) is 0 Å². The van der Waals surface area contributed by atoms with Crippen molar-refractivity contribution in [2.75, 3.05) is 13.1 Å². The highest BCUT2D eigenvalue weighted by atomic mass is 35.5. The zero-order valence-corrected chi connectivity index (χ0v) is 22.1. The van der Waals surface area contributed by atoms with Gasteiger partial charge in [0.05, 0.1) is 15.9 Å². The number of benzene rings is 4. The molecule has 0 bridgehead atoms. The Bertz CT molecular complexity index is 1400. The second-order valence-electron chi connectivity index (χ2n) is 8.20. The molecule has 0 saturated heterocycles. The Morgan fingerprint density at radius 1 is 0.865 bits per heavy atom. The number of hydrogen-bond donors (Lipinski definition) is 2. The van der Waals surface area contributed by atoms with Crippen LogP contribution in [0.5, 0.6) is 11.5 Å². The van der Waals surface area contributed by atoms with Crippen LogP contribution in [0.4, 0.5) is 4.39 Å². The van der Waals surface area contributed by atoms with E-state index in [1.54, 1.807) is 54.6 Å². The fourth-order valence-electron chi connectivity index (χ4n) is 3.60. The van der Waals surface area contributed by atoms with Crippen molar-refractivity contribution in [2.45, 2.75) is 22.3 Å². The van der Waals surface area contributed by atoms with Gasteiger partial charge in [-0.05, 0) is 96.9 Å². The van der Waals surface area contributed by atoms with Crippen molar-refractivity contribution >= 4 is 33.8 Å². The minimum atomic E-state index is -3.69. The van der Waals surface area contributed by atoms with Crippen LogP contribution in [0.1, 0.15) is 17.2 Å². The van der Waals surface area contributed by atoms with E-state index in [1.165, 1.54) is 36.4 Å². The number of nitrogens with one attached hydrogen (secondary N) is 1. The maximum absolute atomic E-state index is 13.0. The number of aliphatic hydroxyl groups is 1. The summed E-state index contributed by atoms with van der Waals surface area (Å²) >= 11 is 5.96. The first-order valence-electron chi connectivity index (χ1n) is 11.3. The third-order valence-electron chi connectivity index (χ3n) is 5.58. The lowest BCUT2D eigenvalue weighted by atomic mass is 10.1. The Balaban J connectivity index is 0.00000380. The van der Waals surface area contributed by atoms with Gasteiger partial charge in [-0.3, -0.25) is 0 Å². The monoisotopic (exact) mass is 561 g/mol. The fraction of sp³-hybridized carbons (Fsp3) is 0.143. The lowest BCUT2D eigenvalue weighted by Gasteiger charge is -2.13. The predicted molar refractivity (Wildman–Crippen MR) is 145 cm³/mol. The second-order valence-corrected chi connectivity index (χ2v) is 10.6. The molecule has 2 N–H and O–H groups in total. The molecule has 4 rings (SSSR count). The van der Waals surface area contributed by atoms with E-state index in [0.717, 1.165) is 11.1 Å². The van der Waals surface area contributed by atoms with Crippen molar-refractivity contribution in [3.05, 3.63) is 119 Å². The normalized spacial score (nSPS) is 12.0. The van der Waals surface area contributed by atoms with Gasteiger partial charge in [-0.25, -0.2) is 12.8 Å². The molecule has 5 nitrogen and oxygen atoms in total. The van der Waals surface area contributed by atoms with Crippen LogP contribution < -0.4 is 10.1 Å². The van der Waals surface area contributed by atoms with E-state index in [-0.39, 0.29) is 28.0 Å². The molecule has 0 radical (unpaired) electrons. The number of aliphatic hydroxyl groups excluding tert-OH is 1. The highest BCUT2D eigenvalue weighted by molar-refractivity contribution is 7.91. The predicted octanol–water partition coefficient (Wildman–Crippen LogP) is 6.39. The van der Waals surface area contributed by atoms with Crippen LogP contribution in [0.3, 0.4) is 0 Å². The largest absolute Gasteiger partial charge is 0.457 e. The van der Waals surface area contributed by atoms with E-state index < -0.39 is 15.9 Å². The summed E-state index contributed by atoms with van der Waals surface area (Å²) in [5, 5.41) is 14.1. The molecule has 0 spiro atoms. The molecule has 0 aliphatic carbocycles. The highest BCUT2D eigenvalue weighted by Crippen LogP contribution is 2.26. The minimum Gasteiger partial charge on any atom is -0.457 e. The smallest absolute Gasteiger partial charge is 0.206 e. The maximum Gasteiger partial charge on any atom is 0.206 e. The summed E-state index contributed by atoms with van der Waals surface area (Å²) in [6, 6.07) is 25.5. The highest BCUT2D eigenvalue weighted by Gasteiger charge is 2.17. The van der Waals surface area contributed by atoms with Gasteiger partial charge in [0.2, 0.25) is 9.84 Å². The third-order valence-corrected chi connectivity index (χ3v) is 7.60. The van der Waals surface area contributed by atoms with E-state index in [4.69, 9.17) is 16.3 Å². The Labute approximate surface area is 227 Å². The van der Waals surface area contributed by atoms with Gasteiger partial charge in [0.25, 0.3) is 0 Å². The summed E-state index contributed by atoms with van der Waals surface area (Å²) in [4.78, 5) is 0.348. The van der Waals surface area contributed by atoms with E-state index in [9.17, 15) is 17.9 Å². The van der Waals surface area contributed by atoms with Gasteiger partial charge >= 0.3 is 0 Å². The van der Waals surface area contributed by atoms with Gasteiger partial charge in [-0.15, -0.1) is 12.4 Å². The zero-order chi connectivity index (χ0) is 25.5. The van der Waals surface area contributed by atoms with Gasteiger partial charge in [-0.2, -0.15) is 0 Å². The van der Waals surface area contributed by atoms with Gasteiger partial charge in [0.15, 0.2) is 0 Å². The molecular formula is C28H26Cl2FNO4S. The summed E-state index contributed by atoms with van der Waals surface area (Å²) in [6.45, 7) is 1.01. The first kappa shape index (κ1) is 28.6. The summed E-state index contributed by atoms with van der Waals surface area (Å²) in [6.07, 6.45) is 0.0153. The molecule has 0 amide bonds. The van der Waals surface area contributed by atoms with Crippen molar-refractivity contribution in [3.8, 4) is 11.5 Å². The third kappa shape index (κ3) is 7.77. The first-order chi connectivity index (χ1) is 17.3. The Morgan fingerprint density at radius 2 is 1.43 bits per heavy atom. The molecule has 194 valence electrons. The molecule has 0 fully saturated rings. The van der Waals surface area contributed by atoms with E-state index >= 15 is 0 Å². The van der Waals surface area contributed by atoms with Gasteiger partial charge in [0.1, 0.15) is 17.3 Å². The standard InChI is InChI=1S/C28H25ClFNO4S.ClH/c29-22-3-1-2-21(18-22)28(32)19-31-17-16-20-4-12-26(13-5-20)36(33,34)27-14-10-25(11-15-27)35-24-8-6-23(30)7-9-24;/h1-15,18,28,31-32H,16-17,19H2;1H/t28-;/m0./s1. The number of ether oxygens (including phenoxy) is 1. The Hall–Kier alpha value is -2.94. The summed E-state index contributed by atoms with van der Waals surface area (Å²) in [5.41, 5.74) is 1.72. The summed E-state index contributed by atoms with van der Waals surface area (Å²) in [7, 11) is -3.69. The van der Waals surface area contributed by atoms with Crippen molar-refractivity contribution in [3.63, 3.8) is 0 Å². The molecule has 9 heteroatoms. The molecule has 0 aliphatic heterocycles. The van der Waals surface area contributed by atoms with Crippen LogP contribution in [0.2, 0.25) is 5.02 Å². The number of halogens is 3. The van der Waals surface area contributed by atoms with Gasteiger partial charge < -0.3 is 15.2 Å². The molecule has 1 atom stereocenters. The Kier molecular flexibility index (Phi) is 10.1. The fourth-order valence-corrected chi connectivity index (χ4v) is 5.06. The Morgan fingerprint density at radius 3 is 2.03 bits per heavy atom. The van der Waals surface area contributed by atoms with E-state index in [2.05, 4.69) is 5.32 Å². The van der Waals surface area contributed by atoms with Gasteiger partial charge in [0, 0.05) is 11.6 Å². The lowest BCUT2D eigenvalue weighted by Crippen LogP contribution is -2.23. The molecule has 4 aromatic rings. The first-order valence-corrected chi connectivity index (χ1v) is 13.2. The van der Waals surface area contributed by atoms with Crippen molar-refractivity contribution in [1.29, 1.82) is 0 Å². The van der Waals surface area contributed by atoms with Crippen LogP contribution in [-0.4, -0.2) is 26.6 Å². The molecule has 4 aromatic carbocycles. The summed E-state index contributed by atoms with van der Waals surface area (Å²) < 4.78 is 44.7. The van der Waals surface area contributed by atoms with Crippen LogP contribution in [-0.2, 0) is 16.3 Å². The molecule has 0 aromatic heterocycles. The van der Waals surface area contributed by atoms with E-state index in [0.29, 0.717) is 36.0 Å². The topological polar surface area (TPSA) is 75.6 Å². The average Bonchev–Trinajstić information content (AvgIpc) is 2.88.